The molecule has 0 saturated heterocycles. The number of ether oxygens (including phenoxy) is 1. The molecule has 5 heteroatoms. The Labute approximate surface area is 125 Å². The van der Waals surface area contributed by atoms with Gasteiger partial charge in [0.15, 0.2) is 0 Å². The Morgan fingerprint density at radius 2 is 1.75 bits per heavy atom. The highest BCUT2D eigenvalue weighted by Gasteiger charge is 2.21. The Hall–Kier alpha value is -0.130. The van der Waals surface area contributed by atoms with Gasteiger partial charge in [-0.05, 0) is 39.2 Å². The summed E-state index contributed by atoms with van der Waals surface area (Å²) in [5.41, 5.74) is 0. The standard InChI is InChI=1S/C15H33NO3S/c1-5-10-15(19-7-3)14(16-12-6-2)11-9-13-20(17,18)8-4/h14-16H,5-13H2,1-4H3. The van der Waals surface area contributed by atoms with Gasteiger partial charge in [0.2, 0.25) is 0 Å². The van der Waals surface area contributed by atoms with Crippen LogP contribution in [0, 0.1) is 0 Å². The van der Waals surface area contributed by atoms with E-state index < -0.39 is 9.84 Å². The molecule has 0 aliphatic rings. The van der Waals surface area contributed by atoms with Gasteiger partial charge >= 0.3 is 0 Å². The van der Waals surface area contributed by atoms with E-state index in [0.29, 0.717) is 18.8 Å². The average Bonchev–Trinajstić information content (AvgIpc) is 2.42. The van der Waals surface area contributed by atoms with Crippen LogP contribution in [0.1, 0.15) is 59.8 Å². The highest BCUT2D eigenvalue weighted by atomic mass is 32.2. The van der Waals surface area contributed by atoms with Gasteiger partial charge in [-0.2, -0.15) is 0 Å². The molecule has 0 aromatic heterocycles. The summed E-state index contributed by atoms with van der Waals surface area (Å²) in [5, 5.41) is 3.52. The highest BCUT2D eigenvalue weighted by molar-refractivity contribution is 7.91. The van der Waals surface area contributed by atoms with E-state index in [4.69, 9.17) is 4.74 Å². The fraction of sp³-hybridized carbons (Fsp3) is 1.00. The zero-order valence-corrected chi connectivity index (χ0v) is 14.5. The Bertz CT molecular complexity index is 311. The fourth-order valence-electron chi connectivity index (χ4n) is 2.32. The average molecular weight is 308 g/mol. The molecule has 0 amide bonds. The van der Waals surface area contributed by atoms with Gasteiger partial charge in [-0.15, -0.1) is 0 Å². The third kappa shape index (κ3) is 8.93. The molecule has 1 N–H and O–H groups in total. The lowest BCUT2D eigenvalue weighted by atomic mass is 10.0. The summed E-state index contributed by atoms with van der Waals surface area (Å²) < 4.78 is 29.0. The first-order valence-electron chi connectivity index (χ1n) is 8.06. The molecule has 0 rings (SSSR count). The summed E-state index contributed by atoms with van der Waals surface area (Å²) in [6.45, 7) is 9.69. The van der Waals surface area contributed by atoms with Crippen molar-refractivity contribution in [2.24, 2.45) is 0 Å². The number of hydrogen-bond acceptors (Lipinski definition) is 4. The topological polar surface area (TPSA) is 55.4 Å². The maximum Gasteiger partial charge on any atom is 0.150 e. The van der Waals surface area contributed by atoms with Gasteiger partial charge in [-0.25, -0.2) is 8.42 Å². The Morgan fingerprint density at radius 3 is 2.25 bits per heavy atom. The van der Waals surface area contributed by atoms with Gasteiger partial charge in [0.05, 0.1) is 11.9 Å². The molecule has 0 aliphatic heterocycles. The van der Waals surface area contributed by atoms with Crippen molar-refractivity contribution in [3.8, 4) is 0 Å². The van der Waals surface area contributed by atoms with Crippen LogP contribution < -0.4 is 5.32 Å². The Morgan fingerprint density at radius 1 is 1.05 bits per heavy atom. The van der Waals surface area contributed by atoms with Crippen LogP contribution in [0.5, 0.6) is 0 Å². The molecule has 0 fully saturated rings. The molecule has 4 nitrogen and oxygen atoms in total. The highest BCUT2D eigenvalue weighted by Crippen LogP contribution is 2.13. The minimum Gasteiger partial charge on any atom is -0.377 e. The first kappa shape index (κ1) is 19.9. The molecule has 0 saturated carbocycles. The molecule has 0 radical (unpaired) electrons. The molecule has 122 valence electrons. The monoisotopic (exact) mass is 307 g/mol. The van der Waals surface area contributed by atoms with Crippen LogP contribution in [0.3, 0.4) is 0 Å². The zero-order chi connectivity index (χ0) is 15.4. The van der Waals surface area contributed by atoms with Crippen molar-refractivity contribution in [1.29, 1.82) is 0 Å². The molecule has 0 aromatic carbocycles. The number of nitrogens with one attached hydrogen (secondary N) is 1. The van der Waals surface area contributed by atoms with Gasteiger partial charge < -0.3 is 10.1 Å². The summed E-state index contributed by atoms with van der Waals surface area (Å²) >= 11 is 0. The van der Waals surface area contributed by atoms with Crippen LogP contribution in [-0.2, 0) is 14.6 Å². The van der Waals surface area contributed by atoms with Crippen molar-refractivity contribution in [2.45, 2.75) is 71.9 Å². The zero-order valence-electron chi connectivity index (χ0n) is 13.7. The molecule has 2 atom stereocenters. The normalized spacial score (nSPS) is 15.2. The molecular formula is C15H33NO3S. The first-order valence-corrected chi connectivity index (χ1v) is 9.88. The van der Waals surface area contributed by atoms with Crippen LogP contribution in [0.15, 0.2) is 0 Å². The van der Waals surface area contributed by atoms with Gasteiger partial charge in [0.1, 0.15) is 9.84 Å². The minimum absolute atomic E-state index is 0.195. The van der Waals surface area contributed by atoms with Gasteiger partial charge in [-0.3, -0.25) is 0 Å². The minimum atomic E-state index is -2.85. The van der Waals surface area contributed by atoms with Gasteiger partial charge in [0, 0.05) is 18.4 Å². The number of hydrogen-bond donors (Lipinski definition) is 1. The second kappa shape index (κ2) is 11.5. The first-order chi connectivity index (χ1) is 9.50. The second-order valence-corrected chi connectivity index (χ2v) is 7.69. The summed E-state index contributed by atoms with van der Waals surface area (Å²) in [6, 6.07) is 0.266. The maximum atomic E-state index is 11.6. The van der Waals surface area contributed by atoms with E-state index in [2.05, 4.69) is 19.2 Å². The van der Waals surface area contributed by atoms with E-state index in [9.17, 15) is 8.42 Å². The smallest absolute Gasteiger partial charge is 0.150 e. The molecule has 0 aromatic rings. The molecule has 0 spiro atoms. The van der Waals surface area contributed by atoms with E-state index >= 15 is 0 Å². The molecule has 0 bridgehead atoms. The SMILES string of the molecule is CCCNC(CCCS(=O)(=O)CC)C(CCC)OCC. The van der Waals surface area contributed by atoms with E-state index in [1.807, 2.05) is 6.92 Å². The molecular weight excluding hydrogens is 274 g/mol. The van der Waals surface area contributed by atoms with E-state index in [-0.39, 0.29) is 17.9 Å². The maximum absolute atomic E-state index is 11.6. The van der Waals surface area contributed by atoms with Crippen LogP contribution in [-0.4, -0.2) is 45.2 Å². The predicted octanol–water partition coefficient (Wildman–Crippen LogP) is 2.77. The predicted molar refractivity (Wildman–Crippen MR) is 86.0 cm³/mol. The van der Waals surface area contributed by atoms with E-state index in [1.54, 1.807) is 6.92 Å². The van der Waals surface area contributed by atoms with E-state index in [1.165, 1.54) is 0 Å². The molecule has 0 aliphatic carbocycles. The third-order valence-corrected chi connectivity index (χ3v) is 5.26. The van der Waals surface area contributed by atoms with Crippen molar-refractivity contribution in [1.82, 2.24) is 5.32 Å². The summed E-state index contributed by atoms with van der Waals surface area (Å²) in [7, 11) is -2.85. The lowest BCUT2D eigenvalue weighted by Crippen LogP contribution is -2.42. The van der Waals surface area contributed by atoms with Crippen molar-refractivity contribution in [3.05, 3.63) is 0 Å². The Balaban J connectivity index is 4.44. The third-order valence-electron chi connectivity index (χ3n) is 3.47. The van der Waals surface area contributed by atoms with Crippen molar-refractivity contribution < 1.29 is 13.2 Å². The molecule has 20 heavy (non-hydrogen) atoms. The number of rotatable bonds is 13. The van der Waals surface area contributed by atoms with Crippen LogP contribution in [0.4, 0.5) is 0 Å². The van der Waals surface area contributed by atoms with Crippen LogP contribution >= 0.6 is 0 Å². The van der Waals surface area contributed by atoms with Crippen molar-refractivity contribution in [2.75, 3.05) is 24.7 Å². The summed E-state index contributed by atoms with van der Waals surface area (Å²) in [5.74, 6) is 0.530. The van der Waals surface area contributed by atoms with Gasteiger partial charge in [-0.1, -0.05) is 27.2 Å². The lowest BCUT2D eigenvalue weighted by molar-refractivity contribution is 0.0258. The lowest BCUT2D eigenvalue weighted by Gasteiger charge is -2.28. The summed E-state index contributed by atoms with van der Waals surface area (Å²) in [4.78, 5) is 0. The van der Waals surface area contributed by atoms with E-state index in [0.717, 1.165) is 32.2 Å². The van der Waals surface area contributed by atoms with Gasteiger partial charge in [0.25, 0.3) is 0 Å². The fourth-order valence-corrected chi connectivity index (χ4v) is 3.21. The van der Waals surface area contributed by atoms with Crippen LogP contribution in [0.25, 0.3) is 0 Å². The number of sulfone groups is 1. The second-order valence-electron chi connectivity index (χ2n) is 5.22. The molecule has 2 unspecified atom stereocenters. The quantitative estimate of drug-likeness (QED) is 0.568. The largest absolute Gasteiger partial charge is 0.377 e. The van der Waals surface area contributed by atoms with Crippen molar-refractivity contribution >= 4 is 9.84 Å². The summed E-state index contributed by atoms with van der Waals surface area (Å²) in [6.07, 6.45) is 4.96. The van der Waals surface area contributed by atoms with Crippen molar-refractivity contribution in [3.63, 3.8) is 0 Å². The van der Waals surface area contributed by atoms with Crippen LogP contribution in [0.2, 0.25) is 0 Å². The Kier molecular flexibility index (Phi) is 11.4. The molecule has 0 heterocycles.